The van der Waals surface area contributed by atoms with E-state index in [2.05, 4.69) is 26.2 Å². The second-order valence-electron chi connectivity index (χ2n) is 3.14. The van der Waals surface area contributed by atoms with Crippen LogP contribution in [0, 0.1) is 0 Å². The number of carbonyl (C=O) groups is 1. The lowest BCUT2D eigenvalue weighted by Crippen LogP contribution is -2.41. The van der Waals surface area contributed by atoms with Gasteiger partial charge in [-0.2, -0.15) is 0 Å². The first-order valence-corrected chi connectivity index (χ1v) is 5.83. The van der Waals surface area contributed by atoms with Gasteiger partial charge in [0.2, 0.25) is 5.91 Å². The van der Waals surface area contributed by atoms with Gasteiger partial charge in [-0.1, -0.05) is 15.9 Å². The molecule has 1 rings (SSSR count). The zero-order valence-corrected chi connectivity index (χ0v) is 9.91. The summed E-state index contributed by atoms with van der Waals surface area (Å²) in [4.78, 5) is 15.3. The summed E-state index contributed by atoms with van der Waals surface area (Å²) in [6.45, 7) is 3.87. The standard InChI is InChI=1S/C8H11BrN2OS/c1-8(2,11-6(12)5-9)7-10-3-4-13-7/h3-4H,5H2,1-2H3,(H,11,12). The zero-order valence-electron chi connectivity index (χ0n) is 7.50. The molecular formula is C8H11BrN2OS. The fraction of sp³-hybridized carbons (Fsp3) is 0.500. The number of alkyl halides is 1. The molecule has 0 spiro atoms. The quantitative estimate of drug-likeness (QED) is 0.846. The van der Waals surface area contributed by atoms with Crippen LogP contribution in [0.15, 0.2) is 11.6 Å². The maximum absolute atomic E-state index is 11.1. The summed E-state index contributed by atoms with van der Waals surface area (Å²) < 4.78 is 0. The average Bonchev–Trinajstić information content (AvgIpc) is 2.55. The van der Waals surface area contributed by atoms with Crippen LogP contribution in [-0.4, -0.2) is 16.2 Å². The molecule has 1 heterocycles. The van der Waals surface area contributed by atoms with Crippen molar-refractivity contribution in [2.24, 2.45) is 0 Å². The van der Waals surface area contributed by atoms with Gasteiger partial charge in [0.15, 0.2) is 0 Å². The molecule has 72 valence electrons. The number of thiazole rings is 1. The second kappa shape index (κ2) is 4.19. The number of halogens is 1. The number of hydrogen-bond donors (Lipinski definition) is 1. The van der Waals surface area contributed by atoms with Crippen LogP contribution in [0.2, 0.25) is 0 Å². The number of nitrogens with one attached hydrogen (secondary N) is 1. The molecule has 0 aromatic carbocycles. The number of rotatable bonds is 3. The van der Waals surface area contributed by atoms with Crippen LogP contribution >= 0.6 is 27.3 Å². The lowest BCUT2D eigenvalue weighted by Gasteiger charge is -2.23. The highest BCUT2D eigenvalue weighted by Gasteiger charge is 2.24. The van der Waals surface area contributed by atoms with Gasteiger partial charge >= 0.3 is 0 Å². The van der Waals surface area contributed by atoms with E-state index >= 15 is 0 Å². The summed E-state index contributed by atoms with van der Waals surface area (Å²) in [6.07, 6.45) is 1.74. The van der Waals surface area contributed by atoms with E-state index in [1.54, 1.807) is 17.5 Å². The fourth-order valence-corrected chi connectivity index (χ4v) is 1.83. The molecule has 0 saturated heterocycles. The van der Waals surface area contributed by atoms with Crippen LogP contribution in [0.3, 0.4) is 0 Å². The van der Waals surface area contributed by atoms with Crippen molar-refractivity contribution in [2.45, 2.75) is 19.4 Å². The zero-order chi connectivity index (χ0) is 9.90. The van der Waals surface area contributed by atoms with E-state index in [-0.39, 0.29) is 11.4 Å². The fourth-order valence-electron chi connectivity index (χ4n) is 0.968. The first-order chi connectivity index (χ1) is 6.06. The average molecular weight is 263 g/mol. The van der Waals surface area contributed by atoms with E-state index in [4.69, 9.17) is 0 Å². The number of carbonyl (C=O) groups excluding carboxylic acids is 1. The number of aromatic nitrogens is 1. The van der Waals surface area contributed by atoms with Gasteiger partial charge in [-0.05, 0) is 13.8 Å². The molecule has 0 bridgehead atoms. The van der Waals surface area contributed by atoms with Crippen LogP contribution in [-0.2, 0) is 10.3 Å². The molecule has 1 amide bonds. The van der Waals surface area contributed by atoms with E-state index in [0.29, 0.717) is 5.33 Å². The van der Waals surface area contributed by atoms with E-state index in [0.717, 1.165) is 5.01 Å². The molecule has 0 unspecified atom stereocenters. The highest BCUT2D eigenvalue weighted by atomic mass is 79.9. The molecule has 0 aliphatic rings. The van der Waals surface area contributed by atoms with Gasteiger partial charge in [-0.3, -0.25) is 4.79 Å². The van der Waals surface area contributed by atoms with E-state index < -0.39 is 0 Å². The van der Waals surface area contributed by atoms with Gasteiger partial charge < -0.3 is 5.32 Å². The van der Waals surface area contributed by atoms with Gasteiger partial charge in [0.25, 0.3) is 0 Å². The van der Waals surface area contributed by atoms with Crippen molar-refractivity contribution in [1.82, 2.24) is 10.3 Å². The summed E-state index contributed by atoms with van der Waals surface area (Å²) in [6, 6.07) is 0. The van der Waals surface area contributed by atoms with E-state index in [9.17, 15) is 4.79 Å². The summed E-state index contributed by atoms with van der Waals surface area (Å²) >= 11 is 4.64. The maximum Gasteiger partial charge on any atom is 0.231 e. The van der Waals surface area contributed by atoms with E-state index in [1.807, 2.05) is 19.2 Å². The van der Waals surface area contributed by atoms with Crippen molar-refractivity contribution < 1.29 is 4.79 Å². The highest BCUT2D eigenvalue weighted by molar-refractivity contribution is 9.09. The molecule has 0 aliphatic carbocycles. The molecule has 0 fully saturated rings. The Bertz CT molecular complexity index is 284. The predicted molar refractivity (Wildman–Crippen MR) is 57.1 cm³/mol. The molecule has 0 radical (unpaired) electrons. The Hall–Kier alpha value is -0.420. The molecule has 1 aromatic rings. The lowest BCUT2D eigenvalue weighted by atomic mass is 10.1. The molecular weight excluding hydrogens is 252 g/mol. The minimum Gasteiger partial charge on any atom is -0.344 e. The van der Waals surface area contributed by atoms with Gasteiger partial charge in [-0.25, -0.2) is 4.98 Å². The van der Waals surface area contributed by atoms with Crippen molar-refractivity contribution in [3.05, 3.63) is 16.6 Å². The third-order valence-corrected chi connectivity index (χ3v) is 3.15. The van der Waals surface area contributed by atoms with Crippen molar-refractivity contribution in [3.8, 4) is 0 Å². The monoisotopic (exact) mass is 262 g/mol. The van der Waals surface area contributed by atoms with Crippen molar-refractivity contribution in [2.75, 3.05) is 5.33 Å². The summed E-state index contributed by atoms with van der Waals surface area (Å²) in [5.41, 5.74) is -0.376. The van der Waals surface area contributed by atoms with Crippen molar-refractivity contribution in [3.63, 3.8) is 0 Å². The third-order valence-electron chi connectivity index (χ3n) is 1.54. The first kappa shape index (κ1) is 10.7. The molecule has 1 N–H and O–H groups in total. The highest BCUT2D eigenvalue weighted by Crippen LogP contribution is 2.21. The molecule has 0 saturated carbocycles. The van der Waals surface area contributed by atoms with Crippen LogP contribution in [0.4, 0.5) is 0 Å². The first-order valence-electron chi connectivity index (χ1n) is 3.83. The van der Waals surface area contributed by atoms with Crippen LogP contribution in [0.5, 0.6) is 0 Å². The predicted octanol–water partition coefficient (Wildman–Crippen LogP) is 1.89. The maximum atomic E-state index is 11.1. The Morgan fingerprint density at radius 1 is 1.77 bits per heavy atom. The largest absolute Gasteiger partial charge is 0.344 e. The normalized spacial score (nSPS) is 11.3. The van der Waals surface area contributed by atoms with Crippen LogP contribution in [0.25, 0.3) is 0 Å². The Labute approximate surface area is 89.7 Å². The topological polar surface area (TPSA) is 42.0 Å². The molecule has 13 heavy (non-hydrogen) atoms. The Morgan fingerprint density at radius 3 is 2.92 bits per heavy atom. The second-order valence-corrected chi connectivity index (χ2v) is 4.60. The Balaban J connectivity index is 2.72. The SMILES string of the molecule is CC(C)(NC(=O)CBr)c1nccs1. The molecule has 1 aromatic heterocycles. The van der Waals surface area contributed by atoms with Gasteiger partial charge in [0, 0.05) is 11.6 Å². The van der Waals surface area contributed by atoms with E-state index in [1.165, 1.54) is 0 Å². The van der Waals surface area contributed by atoms with Gasteiger partial charge in [0.1, 0.15) is 5.01 Å². The summed E-state index contributed by atoms with van der Waals surface area (Å²) in [5.74, 6) is -0.0276. The Morgan fingerprint density at radius 2 is 2.46 bits per heavy atom. The van der Waals surface area contributed by atoms with Crippen molar-refractivity contribution in [1.29, 1.82) is 0 Å². The van der Waals surface area contributed by atoms with Gasteiger partial charge in [-0.15, -0.1) is 11.3 Å². The number of nitrogens with zero attached hydrogens (tertiary/aromatic N) is 1. The Kier molecular flexibility index (Phi) is 3.44. The minimum atomic E-state index is -0.376. The molecule has 5 heteroatoms. The van der Waals surface area contributed by atoms with Crippen LogP contribution in [0.1, 0.15) is 18.9 Å². The molecule has 0 aliphatic heterocycles. The molecule has 3 nitrogen and oxygen atoms in total. The van der Waals surface area contributed by atoms with Gasteiger partial charge in [0.05, 0.1) is 10.9 Å². The smallest absolute Gasteiger partial charge is 0.231 e. The van der Waals surface area contributed by atoms with Crippen molar-refractivity contribution >= 4 is 33.2 Å². The third kappa shape index (κ3) is 2.77. The molecule has 0 atom stereocenters. The summed E-state index contributed by atoms with van der Waals surface area (Å²) in [5, 5.41) is 6.01. The number of hydrogen-bond acceptors (Lipinski definition) is 3. The summed E-state index contributed by atoms with van der Waals surface area (Å²) in [7, 11) is 0. The van der Waals surface area contributed by atoms with Crippen LogP contribution < -0.4 is 5.32 Å². The lowest BCUT2D eigenvalue weighted by molar-refractivity contribution is -0.120. The minimum absolute atomic E-state index is 0.0276. The number of amides is 1.